The van der Waals surface area contributed by atoms with Gasteiger partial charge in [0.25, 0.3) is 0 Å². The van der Waals surface area contributed by atoms with Gasteiger partial charge in [0, 0.05) is 29.0 Å². The molecule has 0 bridgehead atoms. The molecule has 0 unspecified atom stereocenters. The highest BCUT2D eigenvalue weighted by Crippen LogP contribution is 2.08. The minimum atomic E-state index is 1.11. The van der Waals surface area contributed by atoms with Gasteiger partial charge in [-0.05, 0) is 25.1 Å². The molecule has 1 aromatic carbocycles. The summed E-state index contributed by atoms with van der Waals surface area (Å²) in [5.74, 6) is 0. The predicted molar refractivity (Wildman–Crippen MR) is 59.6 cm³/mol. The Balaban J connectivity index is 2.92. The van der Waals surface area contributed by atoms with Gasteiger partial charge in [0.05, 0.1) is 0 Å². The third kappa shape index (κ3) is 1.88. The molecule has 0 atom stereocenters. The predicted octanol–water partition coefficient (Wildman–Crippen LogP) is 0.523. The van der Waals surface area contributed by atoms with Crippen LogP contribution in [0.1, 0.15) is 13.8 Å². The van der Waals surface area contributed by atoms with E-state index >= 15 is 0 Å². The summed E-state index contributed by atoms with van der Waals surface area (Å²) in [4.78, 5) is 2.41. The Labute approximate surface area is 77.8 Å². The van der Waals surface area contributed by atoms with Crippen molar-refractivity contribution in [2.75, 3.05) is 18.0 Å². The maximum Gasteiger partial charge on any atom is 0.0412 e. The molecular weight excluding hydrogens is 162 g/mol. The molecule has 0 fully saturated rings. The van der Waals surface area contributed by atoms with Gasteiger partial charge >= 0.3 is 0 Å². The van der Waals surface area contributed by atoms with Crippen molar-refractivity contribution < 1.29 is 0 Å². The topological polar surface area (TPSA) is 3.24 Å². The first-order valence-corrected chi connectivity index (χ1v) is 5.60. The second-order valence-electron chi connectivity index (χ2n) is 2.96. The van der Waals surface area contributed by atoms with E-state index in [4.69, 9.17) is 0 Å². The van der Waals surface area contributed by atoms with Crippen molar-refractivity contribution in [3.63, 3.8) is 0 Å². The Hall–Kier alpha value is -0.763. The number of hydrogen-bond donors (Lipinski definition) is 0. The molecule has 2 heteroatoms. The molecule has 0 radical (unpaired) electrons. The SMILES string of the molecule is CCN(CC)c1ccccc1[SiH3]. The summed E-state index contributed by atoms with van der Waals surface area (Å²) in [5, 5.41) is 1.50. The van der Waals surface area contributed by atoms with Crippen LogP contribution in [0.15, 0.2) is 24.3 Å². The van der Waals surface area contributed by atoms with Crippen LogP contribution in [0.2, 0.25) is 0 Å². The van der Waals surface area contributed by atoms with Crippen LogP contribution in [0.3, 0.4) is 0 Å². The van der Waals surface area contributed by atoms with Gasteiger partial charge in [-0.15, -0.1) is 0 Å². The van der Waals surface area contributed by atoms with E-state index in [0.29, 0.717) is 0 Å². The Morgan fingerprint density at radius 1 is 1.17 bits per heavy atom. The molecule has 66 valence electrons. The first kappa shape index (κ1) is 9.33. The molecule has 0 saturated heterocycles. The molecule has 0 N–H and O–H groups in total. The normalized spacial score (nSPS) is 10.2. The molecule has 0 spiro atoms. The first-order valence-electron chi connectivity index (χ1n) is 4.60. The summed E-state index contributed by atoms with van der Waals surface area (Å²) in [7, 11) is 1.14. The Kier molecular flexibility index (Phi) is 3.35. The van der Waals surface area contributed by atoms with Crippen LogP contribution in [-0.2, 0) is 0 Å². The van der Waals surface area contributed by atoms with Crippen molar-refractivity contribution in [1.29, 1.82) is 0 Å². The van der Waals surface area contributed by atoms with E-state index in [0.717, 1.165) is 23.3 Å². The molecule has 0 aromatic heterocycles. The highest BCUT2D eigenvalue weighted by molar-refractivity contribution is 6.35. The zero-order chi connectivity index (χ0) is 8.97. The molecular formula is C10H17NSi. The van der Waals surface area contributed by atoms with Crippen molar-refractivity contribution in [2.24, 2.45) is 0 Å². The molecule has 0 saturated carbocycles. The molecule has 0 aliphatic rings. The van der Waals surface area contributed by atoms with Crippen molar-refractivity contribution >= 4 is 21.1 Å². The minimum Gasteiger partial charge on any atom is -0.372 e. The van der Waals surface area contributed by atoms with Gasteiger partial charge in [-0.1, -0.05) is 18.2 Å². The van der Waals surface area contributed by atoms with Gasteiger partial charge in [0.2, 0.25) is 0 Å². The van der Waals surface area contributed by atoms with Crippen LogP contribution >= 0.6 is 0 Å². The fraction of sp³-hybridized carbons (Fsp3) is 0.400. The van der Waals surface area contributed by atoms with E-state index in [9.17, 15) is 0 Å². The number of anilines is 1. The van der Waals surface area contributed by atoms with Crippen LogP contribution in [0.25, 0.3) is 0 Å². The van der Waals surface area contributed by atoms with E-state index in [1.807, 2.05) is 0 Å². The summed E-state index contributed by atoms with van der Waals surface area (Å²) in [6, 6.07) is 8.68. The molecule has 0 heterocycles. The highest BCUT2D eigenvalue weighted by atomic mass is 28.1. The van der Waals surface area contributed by atoms with Gasteiger partial charge in [0.1, 0.15) is 0 Å². The zero-order valence-electron chi connectivity index (χ0n) is 8.17. The lowest BCUT2D eigenvalue weighted by atomic mass is 10.3. The van der Waals surface area contributed by atoms with Gasteiger partial charge in [0.15, 0.2) is 0 Å². The number of hydrogen-bond acceptors (Lipinski definition) is 1. The highest BCUT2D eigenvalue weighted by Gasteiger charge is 2.02. The van der Waals surface area contributed by atoms with Gasteiger partial charge in [-0.25, -0.2) is 0 Å². The van der Waals surface area contributed by atoms with Crippen molar-refractivity contribution in [3.8, 4) is 0 Å². The molecule has 0 aliphatic carbocycles. The average molecular weight is 179 g/mol. The van der Waals surface area contributed by atoms with E-state index in [2.05, 4.69) is 43.0 Å². The van der Waals surface area contributed by atoms with E-state index in [1.54, 1.807) is 0 Å². The molecule has 0 aliphatic heterocycles. The van der Waals surface area contributed by atoms with E-state index < -0.39 is 0 Å². The molecule has 1 aromatic rings. The maximum absolute atomic E-state index is 2.41. The standard InChI is InChI=1S/C10H17NSi/c1-3-11(4-2)9-7-5-6-8-10(9)12/h5-8H,3-4H2,1-2,12H3. The van der Waals surface area contributed by atoms with Crippen molar-refractivity contribution in [1.82, 2.24) is 0 Å². The smallest absolute Gasteiger partial charge is 0.0412 e. The second-order valence-corrected chi connectivity index (χ2v) is 4.04. The fourth-order valence-corrected chi connectivity index (χ4v) is 2.16. The van der Waals surface area contributed by atoms with Crippen LogP contribution < -0.4 is 10.1 Å². The summed E-state index contributed by atoms with van der Waals surface area (Å²) in [6.45, 7) is 6.63. The van der Waals surface area contributed by atoms with Crippen LogP contribution in [0.4, 0.5) is 5.69 Å². The Morgan fingerprint density at radius 3 is 2.25 bits per heavy atom. The second kappa shape index (κ2) is 4.31. The first-order chi connectivity index (χ1) is 5.79. The summed E-state index contributed by atoms with van der Waals surface area (Å²) in [6.07, 6.45) is 0. The molecule has 1 rings (SSSR count). The monoisotopic (exact) mass is 179 g/mol. The average Bonchev–Trinajstić information content (AvgIpc) is 2.10. The molecule has 12 heavy (non-hydrogen) atoms. The largest absolute Gasteiger partial charge is 0.372 e. The van der Waals surface area contributed by atoms with Gasteiger partial charge in [-0.2, -0.15) is 0 Å². The number of para-hydroxylation sites is 1. The molecule has 0 amide bonds. The number of rotatable bonds is 3. The van der Waals surface area contributed by atoms with E-state index in [-0.39, 0.29) is 0 Å². The van der Waals surface area contributed by atoms with Crippen LogP contribution in [-0.4, -0.2) is 23.3 Å². The maximum atomic E-state index is 2.41. The van der Waals surface area contributed by atoms with Crippen LogP contribution in [0.5, 0.6) is 0 Å². The lowest BCUT2D eigenvalue weighted by molar-refractivity contribution is 0.869. The zero-order valence-corrected chi connectivity index (χ0v) is 10.2. The Bertz CT molecular complexity index is 243. The lowest BCUT2D eigenvalue weighted by Crippen LogP contribution is -2.27. The van der Waals surface area contributed by atoms with Crippen LogP contribution in [0, 0.1) is 0 Å². The number of benzene rings is 1. The summed E-state index contributed by atoms with van der Waals surface area (Å²) in [5.41, 5.74) is 1.43. The minimum absolute atomic E-state index is 1.11. The van der Waals surface area contributed by atoms with Crippen molar-refractivity contribution in [3.05, 3.63) is 24.3 Å². The van der Waals surface area contributed by atoms with E-state index in [1.165, 1.54) is 10.9 Å². The van der Waals surface area contributed by atoms with Gasteiger partial charge < -0.3 is 4.90 Å². The fourth-order valence-electron chi connectivity index (χ4n) is 1.48. The Morgan fingerprint density at radius 2 is 1.75 bits per heavy atom. The molecule has 1 nitrogen and oxygen atoms in total. The number of nitrogens with zero attached hydrogens (tertiary/aromatic N) is 1. The summed E-state index contributed by atoms with van der Waals surface area (Å²) < 4.78 is 0. The lowest BCUT2D eigenvalue weighted by Gasteiger charge is -2.22. The quantitative estimate of drug-likeness (QED) is 0.612. The van der Waals surface area contributed by atoms with Gasteiger partial charge in [-0.3, -0.25) is 0 Å². The van der Waals surface area contributed by atoms with Crippen molar-refractivity contribution in [2.45, 2.75) is 13.8 Å². The summed E-state index contributed by atoms with van der Waals surface area (Å²) >= 11 is 0. The third-order valence-corrected chi connectivity index (χ3v) is 3.07. The third-order valence-electron chi connectivity index (χ3n) is 2.22.